The first-order valence-corrected chi connectivity index (χ1v) is 3.97. The molecule has 1 aliphatic rings. The molecule has 0 bridgehead atoms. The molecule has 1 aromatic rings. The van der Waals surface area contributed by atoms with Gasteiger partial charge in [0.25, 0.3) is 0 Å². The molecule has 0 amide bonds. The number of halogens is 1. The summed E-state index contributed by atoms with van der Waals surface area (Å²) in [6.45, 7) is 2.07. The Morgan fingerprint density at radius 1 is 1.70 bits per heavy atom. The van der Waals surface area contributed by atoms with E-state index in [0.717, 1.165) is 28.1 Å². The van der Waals surface area contributed by atoms with Crippen molar-refractivity contribution in [3.63, 3.8) is 0 Å². The van der Waals surface area contributed by atoms with Gasteiger partial charge in [0.2, 0.25) is 0 Å². The Morgan fingerprint density at radius 2 is 2.50 bits per heavy atom. The van der Waals surface area contributed by atoms with Crippen molar-refractivity contribution in [3.8, 4) is 11.5 Å². The van der Waals surface area contributed by atoms with Gasteiger partial charge >= 0.3 is 0 Å². The molecular weight excluding hydrogens is 194 g/mol. The molecule has 1 aliphatic heterocycles. The van der Waals surface area contributed by atoms with Crippen LogP contribution in [0.4, 0.5) is 0 Å². The van der Waals surface area contributed by atoms with E-state index < -0.39 is 0 Å². The fourth-order valence-electron chi connectivity index (χ4n) is 0.893. The first-order valence-electron chi connectivity index (χ1n) is 3.18. The van der Waals surface area contributed by atoms with Crippen LogP contribution in [0.25, 0.3) is 0 Å². The van der Waals surface area contributed by atoms with E-state index in [0.29, 0.717) is 0 Å². The van der Waals surface area contributed by atoms with Crippen LogP contribution in [0.3, 0.4) is 0 Å². The maximum Gasteiger partial charge on any atom is 0.189 e. The van der Waals surface area contributed by atoms with Crippen molar-refractivity contribution in [3.05, 3.63) is 16.4 Å². The van der Waals surface area contributed by atoms with Crippen LogP contribution in [0.1, 0.15) is 12.6 Å². The molecule has 0 saturated heterocycles. The SMILES string of the molecule is CCc1ncc2c(c1Br)O2. The molecule has 0 radical (unpaired) electrons. The zero-order valence-corrected chi connectivity index (χ0v) is 7.10. The third-order valence-corrected chi connectivity index (χ3v) is 2.34. The number of aromatic nitrogens is 1. The topological polar surface area (TPSA) is 25.4 Å². The first-order chi connectivity index (χ1) is 4.83. The van der Waals surface area contributed by atoms with Crippen LogP contribution >= 0.6 is 15.9 Å². The number of pyridine rings is 1. The Hall–Kier alpha value is -0.570. The normalized spacial score (nSPS) is 12.2. The monoisotopic (exact) mass is 199 g/mol. The van der Waals surface area contributed by atoms with E-state index >= 15 is 0 Å². The highest BCUT2D eigenvalue weighted by Crippen LogP contribution is 2.50. The Morgan fingerprint density at radius 3 is 3.20 bits per heavy atom. The Balaban J connectivity index is 2.54. The number of ether oxygens (including phenoxy) is 1. The minimum Gasteiger partial charge on any atom is -0.446 e. The average molecular weight is 200 g/mol. The van der Waals surface area contributed by atoms with Crippen molar-refractivity contribution >= 4 is 15.9 Å². The summed E-state index contributed by atoms with van der Waals surface area (Å²) in [6, 6.07) is 0. The molecule has 0 aromatic carbocycles. The minimum absolute atomic E-state index is 0.907. The smallest absolute Gasteiger partial charge is 0.189 e. The maximum atomic E-state index is 5.10. The van der Waals surface area contributed by atoms with Gasteiger partial charge in [0.05, 0.1) is 16.4 Å². The third-order valence-electron chi connectivity index (χ3n) is 1.52. The van der Waals surface area contributed by atoms with E-state index in [4.69, 9.17) is 4.74 Å². The Bertz CT molecular complexity index is 285. The number of rotatable bonds is 1. The van der Waals surface area contributed by atoms with Gasteiger partial charge < -0.3 is 4.74 Å². The average Bonchev–Trinajstić information content (AvgIpc) is 2.68. The van der Waals surface area contributed by atoms with Crippen molar-refractivity contribution in [2.45, 2.75) is 13.3 Å². The van der Waals surface area contributed by atoms with Crippen LogP contribution in [0.5, 0.6) is 11.5 Å². The molecule has 52 valence electrons. The quantitative estimate of drug-likeness (QED) is 0.660. The number of hydrogen-bond acceptors (Lipinski definition) is 2. The molecule has 1 aromatic heterocycles. The maximum absolute atomic E-state index is 5.10. The molecule has 0 saturated carbocycles. The van der Waals surface area contributed by atoms with Gasteiger partial charge in [-0.1, -0.05) is 6.92 Å². The molecule has 0 aliphatic carbocycles. The molecule has 0 N–H and O–H groups in total. The zero-order chi connectivity index (χ0) is 7.14. The molecular formula is C7H6BrNO. The van der Waals surface area contributed by atoms with Gasteiger partial charge in [0.15, 0.2) is 11.5 Å². The second-order valence-electron chi connectivity index (χ2n) is 2.17. The van der Waals surface area contributed by atoms with Crippen molar-refractivity contribution in [2.24, 2.45) is 0 Å². The number of fused-ring (bicyclic) bond motifs is 1. The predicted molar refractivity (Wildman–Crippen MR) is 41.4 cm³/mol. The van der Waals surface area contributed by atoms with Gasteiger partial charge in [-0.2, -0.15) is 0 Å². The molecule has 2 nitrogen and oxygen atoms in total. The van der Waals surface area contributed by atoms with Gasteiger partial charge in [-0.15, -0.1) is 0 Å². The van der Waals surface area contributed by atoms with Crippen LogP contribution in [0.2, 0.25) is 0 Å². The molecule has 3 heteroatoms. The molecule has 2 rings (SSSR count). The lowest BCUT2D eigenvalue weighted by molar-refractivity contribution is 0.646. The van der Waals surface area contributed by atoms with Crippen LogP contribution in [0.15, 0.2) is 10.7 Å². The molecule has 0 fully saturated rings. The van der Waals surface area contributed by atoms with E-state index in [1.54, 1.807) is 6.20 Å². The van der Waals surface area contributed by atoms with Gasteiger partial charge in [-0.05, 0) is 22.4 Å². The minimum atomic E-state index is 0.907. The number of aryl methyl sites for hydroxylation is 1. The third kappa shape index (κ3) is 0.736. The fraction of sp³-hybridized carbons (Fsp3) is 0.286. The number of nitrogens with zero attached hydrogens (tertiary/aromatic N) is 1. The van der Waals surface area contributed by atoms with Crippen molar-refractivity contribution in [1.29, 1.82) is 0 Å². The highest BCUT2D eigenvalue weighted by molar-refractivity contribution is 9.10. The standard InChI is InChI=1S/C7H6BrNO/c1-2-4-6(8)7-5(10-7)3-9-4/h3H,2H2,1H3. The summed E-state index contributed by atoms with van der Waals surface area (Å²) in [6.07, 6.45) is 2.70. The van der Waals surface area contributed by atoms with Gasteiger partial charge in [0, 0.05) is 0 Å². The van der Waals surface area contributed by atoms with E-state index in [9.17, 15) is 0 Å². The molecule has 0 unspecified atom stereocenters. The highest BCUT2D eigenvalue weighted by atomic mass is 79.9. The predicted octanol–water partition coefficient (Wildman–Crippen LogP) is 2.51. The van der Waals surface area contributed by atoms with Crippen LogP contribution in [-0.4, -0.2) is 4.98 Å². The van der Waals surface area contributed by atoms with Gasteiger partial charge in [-0.25, -0.2) is 0 Å². The molecule has 10 heavy (non-hydrogen) atoms. The lowest BCUT2D eigenvalue weighted by Crippen LogP contribution is -1.82. The summed E-state index contributed by atoms with van der Waals surface area (Å²) < 4.78 is 6.12. The molecule has 0 atom stereocenters. The van der Waals surface area contributed by atoms with E-state index in [2.05, 4.69) is 27.8 Å². The summed E-state index contributed by atoms with van der Waals surface area (Å²) in [5, 5.41) is 0. The van der Waals surface area contributed by atoms with E-state index in [1.165, 1.54) is 0 Å². The lowest BCUT2D eigenvalue weighted by Gasteiger charge is -1.92. The number of hydrogen-bond donors (Lipinski definition) is 0. The van der Waals surface area contributed by atoms with E-state index in [-0.39, 0.29) is 0 Å². The largest absolute Gasteiger partial charge is 0.446 e. The summed E-state index contributed by atoms with van der Waals surface area (Å²) in [4.78, 5) is 4.18. The molecule has 0 spiro atoms. The van der Waals surface area contributed by atoms with E-state index in [1.807, 2.05) is 0 Å². The summed E-state index contributed by atoms with van der Waals surface area (Å²) in [5.41, 5.74) is 1.07. The molecule has 2 heterocycles. The summed E-state index contributed by atoms with van der Waals surface area (Å²) >= 11 is 3.40. The fourth-order valence-corrected chi connectivity index (χ4v) is 1.55. The first kappa shape index (κ1) is 6.16. The second kappa shape index (κ2) is 1.95. The van der Waals surface area contributed by atoms with Crippen molar-refractivity contribution < 1.29 is 4.74 Å². The Labute approximate surface area is 67.4 Å². The summed E-state index contributed by atoms with van der Waals surface area (Å²) in [5.74, 6) is 1.87. The van der Waals surface area contributed by atoms with Gasteiger partial charge in [-0.3, -0.25) is 4.98 Å². The Kier molecular flexibility index (Phi) is 1.20. The van der Waals surface area contributed by atoms with Crippen LogP contribution < -0.4 is 4.74 Å². The lowest BCUT2D eigenvalue weighted by atomic mass is 10.3. The van der Waals surface area contributed by atoms with Crippen LogP contribution in [0, 0.1) is 0 Å². The van der Waals surface area contributed by atoms with Gasteiger partial charge in [0.1, 0.15) is 0 Å². The zero-order valence-electron chi connectivity index (χ0n) is 5.52. The van der Waals surface area contributed by atoms with Crippen molar-refractivity contribution in [1.82, 2.24) is 4.98 Å². The van der Waals surface area contributed by atoms with Crippen LogP contribution in [-0.2, 0) is 6.42 Å². The second-order valence-corrected chi connectivity index (χ2v) is 2.96. The highest BCUT2D eigenvalue weighted by Gasteiger charge is 2.25. The summed E-state index contributed by atoms with van der Waals surface area (Å²) in [7, 11) is 0. The van der Waals surface area contributed by atoms with Crippen molar-refractivity contribution in [2.75, 3.05) is 0 Å².